The van der Waals surface area contributed by atoms with Crippen LogP contribution in [-0.4, -0.2) is 18.7 Å². The Morgan fingerprint density at radius 2 is 1.74 bits per heavy atom. The molecule has 0 unspecified atom stereocenters. The summed E-state index contributed by atoms with van der Waals surface area (Å²) < 4.78 is 4.36. The molecule has 0 saturated carbocycles. The average molecular weight is 310 g/mol. The van der Waals surface area contributed by atoms with Gasteiger partial charge < -0.3 is 4.57 Å². The van der Waals surface area contributed by atoms with Crippen LogP contribution in [0.15, 0.2) is 39.9 Å². The number of imidazole rings is 1. The molecule has 2 heterocycles. The lowest BCUT2D eigenvalue weighted by Crippen LogP contribution is -2.39. The fourth-order valence-corrected chi connectivity index (χ4v) is 2.62. The van der Waals surface area contributed by atoms with E-state index in [1.54, 1.807) is 25.6 Å². The minimum absolute atomic E-state index is 0.306. The van der Waals surface area contributed by atoms with Gasteiger partial charge in [-0.1, -0.05) is 36.4 Å². The zero-order valence-electron chi connectivity index (χ0n) is 13.4. The highest BCUT2D eigenvalue weighted by Crippen LogP contribution is 2.12. The summed E-state index contributed by atoms with van der Waals surface area (Å²) in [5, 5.41) is 0. The first-order valence-electron chi connectivity index (χ1n) is 7.44. The van der Waals surface area contributed by atoms with Crippen LogP contribution in [0.4, 0.5) is 0 Å². The molecule has 6 heteroatoms. The van der Waals surface area contributed by atoms with E-state index in [9.17, 15) is 9.59 Å². The van der Waals surface area contributed by atoms with Crippen LogP contribution < -0.4 is 11.2 Å². The molecule has 118 valence electrons. The Morgan fingerprint density at radius 3 is 2.39 bits per heavy atom. The quantitative estimate of drug-likeness (QED) is 0.738. The normalized spacial score (nSPS) is 11.6. The topological polar surface area (TPSA) is 61.8 Å². The third-order valence-electron chi connectivity index (χ3n) is 3.94. The summed E-state index contributed by atoms with van der Waals surface area (Å²) in [6, 6.07) is 9.84. The minimum Gasteiger partial charge on any atom is -0.322 e. The Morgan fingerprint density at radius 1 is 1.04 bits per heavy atom. The number of hydrogen-bond donors (Lipinski definition) is 0. The molecule has 23 heavy (non-hydrogen) atoms. The molecule has 0 aliphatic carbocycles. The van der Waals surface area contributed by atoms with Crippen LogP contribution >= 0.6 is 0 Å². The van der Waals surface area contributed by atoms with Gasteiger partial charge in [-0.15, -0.1) is 0 Å². The first-order valence-corrected chi connectivity index (χ1v) is 7.44. The SMILES string of the molecule is CCn1c(=O)c2c(nc(/C=C/c3ccccc3)n2C)n(C)c1=O. The van der Waals surface area contributed by atoms with E-state index >= 15 is 0 Å². The van der Waals surface area contributed by atoms with E-state index < -0.39 is 0 Å². The molecule has 2 aromatic heterocycles. The van der Waals surface area contributed by atoms with Crippen LogP contribution in [0.25, 0.3) is 23.3 Å². The van der Waals surface area contributed by atoms with Crippen LogP contribution in [0.1, 0.15) is 18.3 Å². The molecule has 0 N–H and O–H groups in total. The lowest BCUT2D eigenvalue weighted by atomic mass is 10.2. The van der Waals surface area contributed by atoms with Crippen molar-refractivity contribution in [2.45, 2.75) is 13.5 Å². The summed E-state index contributed by atoms with van der Waals surface area (Å²) >= 11 is 0. The molecule has 0 radical (unpaired) electrons. The molecule has 0 aliphatic heterocycles. The van der Waals surface area contributed by atoms with Gasteiger partial charge in [-0.05, 0) is 18.6 Å². The van der Waals surface area contributed by atoms with Crippen LogP contribution in [0.3, 0.4) is 0 Å². The molecule has 1 aromatic carbocycles. The second-order valence-corrected chi connectivity index (χ2v) is 5.34. The molecule has 3 rings (SSSR count). The van der Waals surface area contributed by atoms with Gasteiger partial charge in [-0.25, -0.2) is 9.78 Å². The fraction of sp³-hybridized carbons (Fsp3) is 0.235. The Bertz CT molecular complexity index is 1010. The van der Waals surface area contributed by atoms with Crippen molar-refractivity contribution in [2.75, 3.05) is 0 Å². The number of aromatic nitrogens is 4. The maximum Gasteiger partial charge on any atom is 0.332 e. The number of nitrogens with zero attached hydrogens (tertiary/aromatic N) is 4. The summed E-state index contributed by atoms with van der Waals surface area (Å²) in [6.45, 7) is 2.11. The Kier molecular flexibility index (Phi) is 3.73. The maximum absolute atomic E-state index is 12.5. The second kappa shape index (κ2) is 5.72. The van der Waals surface area contributed by atoms with Crippen molar-refractivity contribution in [2.24, 2.45) is 14.1 Å². The molecule has 0 spiro atoms. The van der Waals surface area contributed by atoms with E-state index in [0.29, 0.717) is 23.5 Å². The molecule has 0 fully saturated rings. The van der Waals surface area contributed by atoms with Crippen molar-refractivity contribution in [3.05, 3.63) is 62.6 Å². The summed E-state index contributed by atoms with van der Waals surface area (Å²) in [5.74, 6) is 0.629. The van der Waals surface area contributed by atoms with Crippen molar-refractivity contribution in [1.29, 1.82) is 0 Å². The minimum atomic E-state index is -0.346. The lowest BCUT2D eigenvalue weighted by molar-refractivity contribution is 0.635. The third kappa shape index (κ3) is 2.42. The fourth-order valence-electron chi connectivity index (χ4n) is 2.62. The van der Waals surface area contributed by atoms with Crippen molar-refractivity contribution in [1.82, 2.24) is 18.7 Å². The molecule has 6 nitrogen and oxygen atoms in total. The van der Waals surface area contributed by atoms with Gasteiger partial charge in [0.15, 0.2) is 11.2 Å². The van der Waals surface area contributed by atoms with Gasteiger partial charge in [0.1, 0.15) is 5.82 Å². The Labute approximate surface area is 132 Å². The molecule has 3 aromatic rings. The van der Waals surface area contributed by atoms with Gasteiger partial charge >= 0.3 is 5.69 Å². The van der Waals surface area contributed by atoms with E-state index in [1.807, 2.05) is 42.5 Å². The average Bonchev–Trinajstić information content (AvgIpc) is 2.89. The van der Waals surface area contributed by atoms with Crippen LogP contribution in [0.5, 0.6) is 0 Å². The van der Waals surface area contributed by atoms with Crippen molar-refractivity contribution in [3.63, 3.8) is 0 Å². The standard InChI is InChI=1S/C17H18N4O2/c1-4-21-16(22)14-15(20(3)17(21)23)18-13(19(14)2)11-10-12-8-6-5-7-9-12/h5-11H,4H2,1-3H3/b11-10+. The largest absolute Gasteiger partial charge is 0.332 e. The van der Waals surface area contributed by atoms with E-state index in [-0.39, 0.29) is 11.2 Å². The zero-order chi connectivity index (χ0) is 16.6. The first-order chi connectivity index (χ1) is 11.0. The number of hydrogen-bond acceptors (Lipinski definition) is 3. The maximum atomic E-state index is 12.5. The third-order valence-corrected chi connectivity index (χ3v) is 3.94. The monoisotopic (exact) mass is 310 g/mol. The highest BCUT2D eigenvalue weighted by molar-refractivity contribution is 5.76. The first kappa shape index (κ1) is 15.0. The van der Waals surface area contributed by atoms with Gasteiger partial charge in [0, 0.05) is 20.6 Å². The predicted molar refractivity (Wildman–Crippen MR) is 91.3 cm³/mol. The van der Waals surface area contributed by atoms with Crippen molar-refractivity contribution in [3.8, 4) is 0 Å². The highest BCUT2D eigenvalue weighted by atomic mass is 16.2. The van der Waals surface area contributed by atoms with Crippen LogP contribution in [-0.2, 0) is 20.6 Å². The number of benzene rings is 1. The highest BCUT2D eigenvalue weighted by Gasteiger charge is 2.16. The van der Waals surface area contributed by atoms with E-state index in [2.05, 4.69) is 4.98 Å². The van der Waals surface area contributed by atoms with Gasteiger partial charge in [-0.3, -0.25) is 13.9 Å². The van der Waals surface area contributed by atoms with Gasteiger partial charge in [0.2, 0.25) is 0 Å². The molecule has 0 bridgehead atoms. The number of fused-ring (bicyclic) bond motifs is 1. The smallest absolute Gasteiger partial charge is 0.322 e. The molecule has 0 atom stereocenters. The summed E-state index contributed by atoms with van der Waals surface area (Å²) in [5.41, 5.74) is 1.22. The Balaban J connectivity index is 2.22. The zero-order valence-corrected chi connectivity index (χ0v) is 13.4. The lowest BCUT2D eigenvalue weighted by Gasteiger charge is -2.05. The Hall–Kier alpha value is -2.89. The molecular formula is C17H18N4O2. The molecule has 0 aliphatic rings. The van der Waals surface area contributed by atoms with E-state index in [4.69, 9.17) is 0 Å². The second-order valence-electron chi connectivity index (χ2n) is 5.34. The van der Waals surface area contributed by atoms with Crippen molar-refractivity contribution < 1.29 is 0 Å². The van der Waals surface area contributed by atoms with Gasteiger partial charge in [0.05, 0.1) is 0 Å². The summed E-state index contributed by atoms with van der Waals surface area (Å²) in [4.78, 5) is 29.1. The number of rotatable bonds is 3. The van der Waals surface area contributed by atoms with Crippen LogP contribution in [0, 0.1) is 0 Å². The van der Waals surface area contributed by atoms with Gasteiger partial charge in [0.25, 0.3) is 5.56 Å². The van der Waals surface area contributed by atoms with Gasteiger partial charge in [-0.2, -0.15) is 0 Å². The molecule has 0 amide bonds. The van der Waals surface area contributed by atoms with E-state index in [1.165, 1.54) is 9.13 Å². The number of aryl methyl sites for hydroxylation is 2. The van der Waals surface area contributed by atoms with E-state index in [0.717, 1.165) is 5.56 Å². The summed E-state index contributed by atoms with van der Waals surface area (Å²) in [7, 11) is 3.42. The molecular weight excluding hydrogens is 292 g/mol. The molecule has 0 saturated heterocycles. The van der Waals surface area contributed by atoms with Crippen LogP contribution in [0.2, 0.25) is 0 Å². The predicted octanol–water partition coefficient (Wildman–Crippen LogP) is 1.62. The summed E-state index contributed by atoms with van der Waals surface area (Å²) in [6.07, 6.45) is 3.77. The van der Waals surface area contributed by atoms with Crippen molar-refractivity contribution >= 4 is 23.3 Å².